The highest BCUT2D eigenvalue weighted by Gasteiger charge is 2.44. The number of nitrogens with zero attached hydrogens (tertiary/aromatic N) is 5. The summed E-state index contributed by atoms with van der Waals surface area (Å²) in [7, 11) is -3.16. The van der Waals surface area contributed by atoms with E-state index in [-0.39, 0.29) is 11.8 Å². The molecular weight excluding hydrogens is 414 g/mol. The first kappa shape index (κ1) is 20.8. The van der Waals surface area contributed by atoms with Crippen LogP contribution in [0.4, 0.5) is 5.95 Å². The van der Waals surface area contributed by atoms with Crippen LogP contribution in [-0.4, -0.2) is 78.6 Å². The monoisotopic (exact) mass is 445 g/mol. The zero-order valence-corrected chi connectivity index (χ0v) is 19.1. The second-order valence-corrected chi connectivity index (χ2v) is 11.2. The molecule has 0 spiro atoms. The van der Waals surface area contributed by atoms with Crippen LogP contribution in [0.5, 0.6) is 0 Å². The highest BCUT2D eigenvalue weighted by molar-refractivity contribution is 7.88. The number of amides is 1. The number of aryl methyl sites for hydroxylation is 1. The maximum absolute atomic E-state index is 13.1. The summed E-state index contributed by atoms with van der Waals surface area (Å²) in [5.74, 6) is 2.17. The third-order valence-corrected chi connectivity index (χ3v) is 8.61. The smallest absolute Gasteiger partial charge is 0.225 e. The summed E-state index contributed by atoms with van der Waals surface area (Å²) >= 11 is 0. The Bertz CT molecular complexity index is 1080. The third-order valence-electron chi connectivity index (χ3n) is 7.30. The number of fused-ring (bicyclic) bond motifs is 2. The van der Waals surface area contributed by atoms with Gasteiger partial charge in [0.05, 0.1) is 17.3 Å². The standard InChI is InChI=1S/C22H31N5O3S/c1-3-27-20-7-5-4-6-19(20)23-22(27)25-14-17-12-24(13-18(17)15-25)21(28)16-8-10-26(11-9-16)31(2,29)30/h4-7,16-18H,3,8-15H2,1-2H3. The fourth-order valence-corrected chi connectivity index (χ4v) is 6.52. The number of imidazole rings is 1. The number of benzene rings is 1. The van der Waals surface area contributed by atoms with Crippen molar-refractivity contribution < 1.29 is 13.2 Å². The predicted octanol–water partition coefficient (Wildman–Crippen LogP) is 1.62. The van der Waals surface area contributed by atoms with Crippen LogP contribution in [0.2, 0.25) is 0 Å². The lowest BCUT2D eigenvalue weighted by molar-refractivity contribution is -0.135. The molecule has 1 aromatic heterocycles. The Hall–Kier alpha value is -2.13. The van der Waals surface area contributed by atoms with Crippen LogP contribution in [-0.2, 0) is 21.4 Å². The van der Waals surface area contributed by atoms with Gasteiger partial charge < -0.3 is 14.4 Å². The predicted molar refractivity (Wildman–Crippen MR) is 120 cm³/mol. The van der Waals surface area contributed by atoms with Crippen LogP contribution in [0.25, 0.3) is 11.0 Å². The number of anilines is 1. The molecule has 31 heavy (non-hydrogen) atoms. The van der Waals surface area contributed by atoms with Gasteiger partial charge >= 0.3 is 0 Å². The number of carbonyl (C=O) groups excluding carboxylic acids is 1. The van der Waals surface area contributed by atoms with E-state index in [1.54, 1.807) is 0 Å². The summed E-state index contributed by atoms with van der Waals surface area (Å²) < 4.78 is 27.2. The number of piperidine rings is 1. The number of aromatic nitrogens is 2. The second-order valence-electron chi connectivity index (χ2n) is 9.25. The van der Waals surface area contributed by atoms with E-state index in [1.165, 1.54) is 16.1 Å². The van der Waals surface area contributed by atoms with Gasteiger partial charge in [0.1, 0.15) is 0 Å². The quantitative estimate of drug-likeness (QED) is 0.715. The van der Waals surface area contributed by atoms with Crippen molar-refractivity contribution in [3.63, 3.8) is 0 Å². The zero-order valence-electron chi connectivity index (χ0n) is 18.3. The molecule has 1 aromatic carbocycles. The number of carbonyl (C=O) groups is 1. The fraction of sp³-hybridized carbons (Fsp3) is 0.636. The first-order valence-electron chi connectivity index (χ1n) is 11.3. The normalized spacial score (nSPS) is 25.5. The van der Waals surface area contributed by atoms with Crippen molar-refractivity contribution in [1.82, 2.24) is 18.8 Å². The van der Waals surface area contributed by atoms with Gasteiger partial charge in [0.2, 0.25) is 21.9 Å². The Morgan fingerprint density at radius 2 is 1.71 bits per heavy atom. The minimum Gasteiger partial charge on any atom is -0.342 e. The highest BCUT2D eigenvalue weighted by atomic mass is 32.2. The van der Waals surface area contributed by atoms with E-state index in [0.29, 0.717) is 37.8 Å². The van der Waals surface area contributed by atoms with Crippen LogP contribution in [0.1, 0.15) is 19.8 Å². The summed E-state index contributed by atoms with van der Waals surface area (Å²) in [4.78, 5) is 22.4. The summed E-state index contributed by atoms with van der Waals surface area (Å²) in [6, 6.07) is 8.28. The summed E-state index contributed by atoms with van der Waals surface area (Å²) in [6.07, 6.45) is 2.50. The van der Waals surface area contributed by atoms with Gasteiger partial charge in [0.15, 0.2) is 0 Å². The molecule has 2 unspecified atom stereocenters. The molecule has 0 saturated carbocycles. The third kappa shape index (κ3) is 3.71. The molecule has 168 valence electrons. The minimum atomic E-state index is -3.16. The van der Waals surface area contributed by atoms with Gasteiger partial charge in [-0.1, -0.05) is 12.1 Å². The zero-order chi connectivity index (χ0) is 21.8. The molecule has 9 heteroatoms. The van der Waals surface area contributed by atoms with Crippen molar-refractivity contribution in [2.24, 2.45) is 17.8 Å². The van der Waals surface area contributed by atoms with Crippen molar-refractivity contribution in [1.29, 1.82) is 0 Å². The molecule has 8 nitrogen and oxygen atoms in total. The Labute approximate surface area is 183 Å². The molecule has 2 aromatic rings. The molecule has 0 aliphatic carbocycles. The van der Waals surface area contributed by atoms with Crippen molar-refractivity contribution in [3.8, 4) is 0 Å². The van der Waals surface area contributed by atoms with E-state index in [9.17, 15) is 13.2 Å². The van der Waals surface area contributed by atoms with E-state index in [1.807, 2.05) is 11.0 Å². The Morgan fingerprint density at radius 1 is 1.06 bits per heavy atom. The molecule has 5 rings (SSSR count). The average molecular weight is 446 g/mol. The molecular formula is C22H31N5O3S. The van der Waals surface area contributed by atoms with Crippen LogP contribution in [0.3, 0.4) is 0 Å². The van der Waals surface area contributed by atoms with Crippen molar-refractivity contribution in [2.75, 3.05) is 50.4 Å². The van der Waals surface area contributed by atoms with E-state index < -0.39 is 10.0 Å². The van der Waals surface area contributed by atoms with E-state index in [4.69, 9.17) is 4.98 Å². The minimum absolute atomic E-state index is 0.0442. The Kier molecular flexibility index (Phi) is 5.21. The summed E-state index contributed by atoms with van der Waals surface area (Å²) in [5.41, 5.74) is 2.21. The second kappa shape index (κ2) is 7.78. The van der Waals surface area contributed by atoms with Gasteiger partial charge in [-0.25, -0.2) is 17.7 Å². The molecule has 3 saturated heterocycles. The molecule has 4 heterocycles. The maximum atomic E-state index is 13.1. The number of para-hydroxylation sites is 2. The van der Waals surface area contributed by atoms with Crippen LogP contribution >= 0.6 is 0 Å². The number of rotatable bonds is 4. The lowest BCUT2D eigenvalue weighted by Crippen LogP contribution is -2.44. The van der Waals surface area contributed by atoms with Crippen molar-refractivity contribution in [3.05, 3.63) is 24.3 Å². The largest absolute Gasteiger partial charge is 0.342 e. The molecule has 3 aliphatic heterocycles. The number of likely N-dealkylation sites (tertiary alicyclic amines) is 1. The van der Waals surface area contributed by atoms with Crippen molar-refractivity contribution in [2.45, 2.75) is 26.3 Å². The Morgan fingerprint density at radius 3 is 2.32 bits per heavy atom. The molecule has 0 bridgehead atoms. The van der Waals surface area contributed by atoms with Crippen molar-refractivity contribution >= 4 is 32.9 Å². The van der Waals surface area contributed by atoms with E-state index >= 15 is 0 Å². The highest BCUT2D eigenvalue weighted by Crippen LogP contribution is 2.36. The van der Waals surface area contributed by atoms with Gasteiger partial charge in [0, 0.05) is 63.6 Å². The molecule has 2 atom stereocenters. The Balaban J connectivity index is 1.22. The summed E-state index contributed by atoms with van der Waals surface area (Å²) in [6.45, 7) is 7.43. The number of hydrogen-bond acceptors (Lipinski definition) is 5. The van der Waals surface area contributed by atoms with Gasteiger partial charge in [-0.15, -0.1) is 0 Å². The molecule has 0 radical (unpaired) electrons. The van der Waals surface area contributed by atoms with Gasteiger partial charge in [0.25, 0.3) is 0 Å². The number of sulfonamides is 1. The summed E-state index contributed by atoms with van der Waals surface area (Å²) in [5, 5.41) is 0. The maximum Gasteiger partial charge on any atom is 0.225 e. The first-order chi connectivity index (χ1) is 14.8. The molecule has 3 fully saturated rings. The fourth-order valence-electron chi connectivity index (χ4n) is 5.64. The molecule has 0 N–H and O–H groups in total. The van der Waals surface area contributed by atoms with Crippen LogP contribution < -0.4 is 4.90 Å². The SMILES string of the molecule is CCn1c(N2CC3CN(C(=O)C4CCN(S(C)(=O)=O)CC4)CC3C2)nc2ccccc21. The topological polar surface area (TPSA) is 78.8 Å². The van der Waals surface area contributed by atoms with Gasteiger partial charge in [-0.05, 0) is 31.9 Å². The molecule has 1 amide bonds. The van der Waals surface area contributed by atoms with Gasteiger partial charge in [-0.2, -0.15) is 0 Å². The van der Waals surface area contributed by atoms with Gasteiger partial charge in [-0.3, -0.25) is 4.79 Å². The van der Waals surface area contributed by atoms with E-state index in [2.05, 4.69) is 34.6 Å². The van der Waals surface area contributed by atoms with Crippen LogP contribution in [0, 0.1) is 17.8 Å². The molecule has 3 aliphatic rings. The lowest BCUT2D eigenvalue weighted by Gasteiger charge is -2.32. The van der Waals surface area contributed by atoms with Crippen LogP contribution in [0.15, 0.2) is 24.3 Å². The first-order valence-corrected chi connectivity index (χ1v) is 13.1. The van der Waals surface area contributed by atoms with E-state index in [0.717, 1.165) is 44.2 Å². The average Bonchev–Trinajstić information content (AvgIpc) is 3.43. The number of hydrogen-bond donors (Lipinski definition) is 0. The lowest BCUT2D eigenvalue weighted by atomic mass is 9.96.